The standard InChI is InChI=1S/C20H12O8/c1-6-13-7(3-11(22)14(6)20(27)28)2-9-16(18(13)25)19(26)15-10(17(9)24)4-8(21)5-12(15)23/h2-5,21-23,25H,1H3,(H,27,28)/p-2. The summed E-state index contributed by atoms with van der Waals surface area (Å²) in [7, 11) is 0. The quantitative estimate of drug-likeness (QED) is 0.445. The molecule has 0 amide bonds. The molecule has 0 saturated carbocycles. The SMILES string of the molecule is Cc1c(C(=O)O)c(O)cc2cc3c(c([O-])c12)C(=O)c1c([O-])cc(O)cc1C3=O. The van der Waals surface area contributed by atoms with Gasteiger partial charge in [-0.1, -0.05) is 11.5 Å². The molecule has 8 nitrogen and oxygen atoms in total. The van der Waals surface area contributed by atoms with Gasteiger partial charge >= 0.3 is 5.97 Å². The number of benzene rings is 3. The number of aryl methyl sites for hydroxylation is 1. The average molecular weight is 378 g/mol. The zero-order valence-corrected chi connectivity index (χ0v) is 14.2. The second-order valence-electron chi connectivity index (χ2n) is 6.45. The highest BCUT2D eigenvalue weighted by molar-refractivity contribution is 6.32. The summed E-state index contributed by atoms with van der Waals surface area (Å²) in [5.74, 6) is -6.10. The molecular formula is C20H10O8-2. The summed E-state index contributed by atoms with van der Waals surface area (Å²) >= 11 is 0. The van der Waals surface area contributed by atoms with Crippen LogP contribution in [0.25, 0.3) is 10.8 Å². The number of aromatic hydroxyl groups is 2. The first kappa shape index (κ1) is 17.3. The Morgan fingerprint density at radius 1 is 0.929 bits per heavy atom. The summed E-state index contributed by atoms with van der Waals surface area (Å²) in [6.07, 6.45) is 0. The first-order chi connectivity index (χ1) is 13.1. The third kappa shape index (κ3) is 2.08. The van der Waals surface area contributed by atoms with E-state index in [9.17, 15) is 39.9 Å². The molecule has 0 heterocycles. The fourth-order valence-electron chi connectivity index (χ4n) is 3.67. The lowest BCUT2D eigenvalue weighted by Gasteiger charge is -2.28. The van der Waals surface area contributed by atoms with Gasteiger partial charge in [0.2, 0.25) is 0 Å². The lowest BCUT2D eigenvalue weighted by Crippen LogP contribution is -2.24. The van der Waals surface area contributed by atoms with Crippen molar-refractivity contribution in [1.82, 2.24) is 0 Å². The van der Waals surface area contributed by atoms with Gasteiger partial charge in [0, 0.05) is 22.3 Å². The summed E-state index contributed by atoms with van der Waals surface area (Å²) in [6.45, 7) is 1.30. The van der Waals surface area contributed by atoms with E-state index in [4.69, 9.17) is 0 Å². The van der Waals surface area contributed by atoms with E-state index < -0.39 is 57.2 Å². The van der Waals surface area contributed by atoms with Crippen molar-refractivity contribution >= 4 is 28.3 Å². The normalized spacial score (nSPS) is 12.8. The molecule has 1 aliphatic carbocycles. The Hall–Kier alpha value is -4.07. The molecule has 0 aliphatic heterocycles. The summed E-state index contributed by atoms with van der Waals surface area (Å²) in [4.78, 5) is 37.0. The van der Waals surface area contributed by atoms with Crippen LogP contribution in [0, 0.1) is 6.92 Å². The molecule has 3 aromatic carbocycles. The number of phenolic OH excluding ortho intramolecular Hbond substituents is 1. The van der Waals surface area contributed by atoms with Crippen LogP contribution in [-0.4, -0.2) is 32.9 Å². The van der Waals surface area contributed by atoms with Gasteiger partial charge in [-0.25, -0.2) is 4.79 Å². The number of ketones is 2. The molecule has 3 N–H and O–H groups in total. The largest absolute Gasteiger partial charge is 0.872 e. The minimum Gasteiger partial charge on any atom is -0.872 e. The Labute approximate surface area is 156 Å². The molecule has 3 aromatic rings. The Morgan fingerprint density at radius 2 is 1.57 bits per heavy atom. The Bertz CT molecular complexity index is 1270. The molecule has 4 rings (SSSR count). The summed E-state index contributed by atoms with van der Waals surface area (Å²) < 4.78 is 0. The van der Waals surface area contributed by atoms with Gasteiger partial charge in [0.15, 0.2) is 11.6 Å². The molecule has 8 heteroatoms. The van der Waals surface area contributed by atoms with Gasteiger partial charge in [-0.2, -0.15) is 0 Å². The van der Waals surface area contributed by atoms with Crippen LogP contribution < -0.4 is 10.2 Å². The maximum Gasteiger partial charge on any atom is 0.339 e. The molecule has 0 atom stereocenters. The lowest BCUT2D eigenvalue weighted by molar-refractivity contribution is -0.268. The van der Waals surface area contributed by atoms with Crippen LogP contribution >= 0.6 is 0 Å². The van der Waals surface area contributed by atoms with Crippen molar-refractivity contribution in [3.05, 3.63) is 57.6 Å². The maximum absolute atomic E-state index is 13.0. The van der Waals surface area contributed by atoms with Crippen molar-refractivity contribution in [2.75, 3.05) is 0 Å². The maximum atomic E-state index is 13.0. The predicted octanol–water partition coefficient (Wildman–Crippen LogP) is 1.18. The molecule has 0 radical (unpaired) electrons. The van der Waals surface area contributed by atoms with E-state index in [0.29, 0.717) is 0 Å². The number of rotatable bonds is 1. The smallest absolute Gasteiger partial charge is 0.339 e. The minimum atomic E-state index is -1.46. The molecule has 0 aromatic heterocycles. The van der Waals surface area contributed by atoms with E-state index in [2.05, 4.69) is 0 Å². The van der Waals surface area contributed by atoms with Crippen molar-refractivity contribution in [2.24, 2.45) is 0 Å². The van der Waals surface area contributed by atoms with Gasteiger partial charge in [-0.3, -0.25) is 9.59 Å². The number of hydrogen-bond acceptors (Lipinski definition) is 7. The highest BCUT2D eigenvalue weighted by Crippen LogP contribution is 2.42. The van der Waals surface area contributed by atoms with E-state index in [1.54, 1.807) is 0 Å². The fraction of sp³-hybridized carbons (Fsp3) is 0.0500. The van der Waals surface area contributed by atoms with Crippen molar-refractivity contribution in [1.29, 1.82) is 0 Å². The van der Waals surface area contributed by atoms with Gasteiger partial charge in [0.05, 0.1) is 0 Å². The van der Waals surface area contributed by atoms with Crippen molar-refractivity contribution in [2.45, 2.75) is 6.92 Å². The second-order valence-corrected chi connectivity index (χ2v) is 6.45. The number of aromatic carboxylic acids is 1. The van der Waals surface area contributed by atoms with Crippen LogP contribution in [0.15, 0.2) is 24.3 Å². The number of phenols is 2. The lowest BCUT2D eigenvalue weighted by atomic mass is 9.80. The van der Waals surface area contributed by atoms with Crippen LogP contribution in [0.1, 0.15) is 47.8 Å². The number of fused-ring (bicyclic) bond motifs is 3. The fourth-order valence-corrected chi connectivity index (χ4v) is 3.67. The number of carboxylic acids is 1. The zero-order chi connectivity index (χ0) is 20.5. The molecule has 0 spiro atoms. The molecule has 0 unspecified atom stereocenters. The molecule has 0 fully saturated rings. The molecule has 140 valence electrons. The topological polar surface area (TPSA) is 158 Å². The van der Waals surface area contributed by atoms with Gasteiger partial charge in [0.1, 0.15) is 17.1 Å². The Kier molecular flexibility index (Phi) is 3.38. The molecule has 0 saturated heterocycles. The minimum absolute atomic E-state index is 0.0607. The van der Waals surface area contributed by atoms with Gasteiger partial charge in [0.25, 0.3) is 0 Å². The highest BCUT2D eigenvalue weighted by Gasteiger charge is 2.32. The van der Waals surface area contributed by atoms with E-state index in [1.165, 1.54) is 13.0 Å². The molecule has 0 bridgehead atoms. The second kappa shape index (κ2) is 5.46. The van der Waals surface area contributed by atoms with E-state index >= 15 is 0 Å². The number of carbonyl (C=O) groups excluding carboxylic acids is 2. The van der Waals surface area contributed by atoms with Crippen molar-refractivity contribution in [3.8, 4) is 23.0 Å². The van der Waals surface area contributed by atoms with Crippen LogP contribution in [0.3, 0.4) is 0 Å². The Balaban J connectivity index is 2.14. The van der Waals surface area contributed by atoms with Crippen molar-refractivity contribution in [3.63, 3.8) is 0 Å². The van der Waals surface area contributed by atoms with Gasteiger partial charge in [-0.05, 0) is 47.5 Å². The number of carboxylic acid groups (broad SMARTS) is 1. The van der Waals surface area contributed by atoms with Crippen molar-refractivity contribution < 1.29 is 39.9 Å². The van der Waals surface area contributed by atoms with Gasteiger partial charge in [-0.15, -0.1) is 0 Å². The van der Waals surface area contributed by atoms with E-state index in [-0.39, 0.29) is 27.5 Å². The van der Waals surface area contributed by atoms with E-state index in [1.807, 2.05) is 0 Å². The van der Waals surface area contributed by atoms with Crippen LogP contribution in [0.4, 0.5) is 0 Å². The molecule has 1 aliphatic rings. The summed E-state index contributed by atoms with van der Waals surface area (Å²) in [6, 6.07) is 3.97. The van der Waals surface area contributed by atoms with Crippen LogP contribution in [-0.2, 0) is 0 Å². The highest BCUT2D eigenvalue weighted by atomic mass is 16.4. The van der Waals surface area contributed by atoms with Crippen LogP contribution in [0.5, 0.6) is 23.0 Å². The zero-order valence-electron chi connectivity index (χ0n) is 14.2. The predicted molar refractivity (Wildman–Crippen MR) is 91.2 cm³/mol. The summed E-state index contributed by atoms with van der Waals surface area (Å²) in [5, 5.41) is 54.0. The first-order valence-electron chi connectivity index (χ1n) is 8.00. The van der Waals surface area contributed by atoms with Gasteiger partial charge < -0.3 is 25.5 Å². The first-order valence-corrected chi connectivity index (χ1v) is 8.00. The molecular weight excluding hydrogens is 368 g/mol. The molecule has 28 heavy (non-hydrogen) atoms. The summed E-state index contributed by atoms with van der Waals surface area (Å²) in [5.41, 5.74) is -2.19. The number of hydrogen-bond donors (Lipinski definition) is 3. The number of carbonyl (C=O) groups is 3. The van der Waals surface area contributed by atoms with Crippen LogP contribution in [0.2, 0.25) is 0 Å². The third-order valence-electron chi connectivity index (χ3n) is 4.85. The Morgan fingerprint density at radius 3 is 2.21 bits per heavy atom. The average Bonchev–Trinajstić information content (AvgIpc) is 2.57. The van der Waals surface area contributed by atoms with E-state index in [0.717, 1.165) is 18.2 Å². The monoisotopic (exact) mass is 378 g/mol. The third-order valence-corrected chi connectivity index (χ3v) is 4.85.